The molecular formula is C21H12Cl2N3O3-. The second-order valence-corrected chi connectivity index (χ2v) is 6.84. The Balaban J connectivity index is 1.86. The van der Waals surface area contributed by atoms with Crippen LogP contribution in [0.3, 0.4) is 0 Å². The molecule has 0 spiro atoms. The van der Waals surface area contributed by atoms with E-state index in [-0.39, 0.29) is 11.4 Å². The van der Waals surface area contributed by atoms with Crippen molar-refractivity contribution in [3.8, 4) is 28.4 Å². The van der Waals surface area contributed by atoms with Crippen molar-refractivity contribution in [2.75, 3.05) is 0 Å². The molecule has 1 aromatic heterocycles. The van der Waals surface area contributed by atoms with E-state index in [9.17, 15) is 9.90 Å². The molecule has 0 unspecified atom stereocenters. The Hall–Kier alpha value is -3.35. The number of para-hydroxylation sites is 2. The summed E-state index contributed by atoms with van der Waals surface area (Å²) >= 11 is 12.2. The first-order valence-electron chi connectivity index (χ1n) is 8.49. The van der Waals surface area contributed by atoms with Gasteiger partial charge >= 0.3 is 0 Å². The maximum atomic E-state index is 11.6. The van der Waals surface area contributed by atoms with Crippen LogP contribution in [0, 0.1) is 0 Å². The van der Waals surface area contributed by atoms with E-state index in [2.05, 4.69) is 10.3 Å². The standard InChI is InChI=1S/C21H13Cl2N3O3/c22-14-10-11-17(15(23)12-14)29-18-9-5-4-8-16(18)26-20(13-6-2-1-3-7-13)19(21(27)28)24-25-26/h1-12H,(H,27,28)/p-1. The first-order valence-corrected chi connectivity index (χ1v) is 9.25. The van der Waals surface area contributed by atoms with Gasteiger partial charge < -0.3 is 14.6 Å². The number of aromatic nitrogens is 3. The van der Waals surface area contributed by atoms with Crippen molar-refractivity contribution in [2.45, 2.75) is 0 Å². The number of carbonyl (C=O) groups excluding carboxylic acids is 1. The van der Waals surface area contributed by atoms with Crippen LogP contribution in [0.15, 0.2) is 72.8 Å². The first kappa shape index (κ1) is 19.0. The number of aromatic carboxylic acids is 1. The maximum Gasteiger partial charge on any atom is 0.153 e. The smallest absolute Gasteiger partial charge is 0.153 e. The molecule has 0 atom stereocenters. The van der Waals surface area contributed by atoms with Crippen LogP contribution in [0.5, 0.6) is 11.5 Å². The van der Waals surface area contributed by atoms with E-state index in [1.807, 2.05) is 6.07 Å². The zero-order valence-corrected chi connectivity index (χ0v) is 16.3. The maximum absolute atomic E-state index is 11.6. The van der Waals surface area contributed by atoms with Crippen LogP contribution in [0.2, 0.25) is 10.0 Å². The molecule has 0 aliphatic rings. The summed E-state index contributed by atoms with van der Waals surface area (Å²) in [6, 6.07) is 20.8. The number of carboxylic acids is 1. The quantitative estimate of drug-likeness (QED) is 0.474. The van der Waals surface area contributed by atoms with Crippen molar-refractivity contribution in [3.63, 3.8) is 0 Å². The van der Waals surface area contributed by atoms with Crippen LogP contribution in [0.1, 0.15) is 10.5 Å². The van der Waals surface area contributed by atoms with Gasteiger partial charge in [0, 0.05) is 10.6 Å². The van der Waals surface area contributed by atoms with E-state index in [0.29, 0.717) is 32.8 Å². The molecule has 4 rings (SSSR count). The summed E-state index contributed by atoms with van der Waals surface area (Å²) in [5, 5.41) is 20.3. The fourth-order valence-electron chi connectivity index (χ4n) is 2.84. The third kappa shape index (κ3) is 3.81. The lowest BCUT2D eigenvalue weighted by Gasteiger charge is -2.14. The van der Waals surface area contributed by atoms with Crippen LogP contribution in [-0.2, 0) is 0 Å². The molecule has 0 radical (unpaired) electrons. The van der Waals surface area contributed by atoms with Gasteiger partial charge in [-0.15, -0.1) is 5.10 Å². The summed E-state index contributed by atoms with van der Waals surface area (Å²) in [6.07, 6.45) is 0. The fraction of sp³-hybridized carbons (Fsp3) is 0. The summed E-state index contributed by atoms with van der Waals surface area (Å²) in [6.45, 7) is 0. The van der Waals surface area contributed by atoms with E-state index in [0.717, 1.165) is 0 Å². The van der Waals surface area contributed by atoms with Gasteiger partial charge in [0.1, 0.15) is 22.8 Å². The van der Waals surface area contributed by atoms with Crippen LogP contribution < -0.4 is 9.84 Å². The Morgan fingerprint density at radius 1 is 0.931 bits per heavy atom. The van der Waals surface area contributed by atoms with E-state index >= 15 is 0 Å². The molecule has 8 heteroatoms. The summed E-state index contributed by atoms with van der Waals surface area (Å²) < 4.78 is 7.37. The topological polar surface area (TPSA) is 80.1 Å². The molecule has 0 fully saturated rings. The molecule has 3 aromatic carbocycles. The van der Waals surface area contributed by atoms with Gasteiger partial charge in [-0.25, -0.2) is 4.68 Å². The normalized spacial score (nSPS) is 10.7. The molecule has 6 nitrogen and oxygen atoms in total. The van der Waals surface area contributed by atoms with Crippen molar-refractivity contribution < 1.29 is 14.6 Å². The Morgan fingerprint density at radius 3 is 2.38 bits per heavy atom. The zero-order chi connectivity index (χ0) is 20.4. The molecule has 1 heterocycles. The van der Waals surface area contributed by atoms with Crippen molar-refractivity contribution in [3.05, 3.63) is 88.5 Å². The number of ether oxygens (including phenoxy) is 1. The van der Waals surface area contributed by atoms with Gasteiger partial charge in [0.25, 0.3) is 0 Å². The lowest BCUT2D eigenvalue weighted by atomic mass is 10.1. The number of halogens is 2. The SMILES string of the molecule is O=C([O-])c1nnn(-c2ccccc2Oc2ccc(Cl)cc2Cl)c1-c1ccccc1. The van der Waals surface area contributed by atoms with Crippen molar-refractivity contribution >= 4 is 29.2 Å². The van der Waals surface area contributed by atoms with Gasteiger partial charge in [0.05, 0.1) is 11.0 Å². The Morgan fingerprint density at radius 2 is 1.66 bits per heavy atom. The number of hydrogen-bond acceptors (Lipinski definition) is 5. The van der Waals surface area contributed by atoms with Crippen LogP contribution in [0.4, 0.5) is 0 Å². The Kier molecular flexibility index (Phi) is 5.20. The average Bonchev–Trinajstić information content (AvgIpc) is 3.16. The fourth-order valence-corrected chi connectivity index (χ4v) is 3.28. The summed E-state index contributed by atoms with van der Waals surface area (Å²) in [5.74, 6) is -0.622. The predicted molar refractivity (Wildman–Crippen MR) is 108 cm³/mol. The van der Waals surface area contributed by atoms with Gasteiger partial charge in [-0.3, -0.25) is 0 Å². The molecule has 0 N–H and O–H groups in total. The van der Waals surface area contributed by atoms with E-state index < -0.39 is 5.97 Å². The van der Waals surface area contributed by atoms with Gasteiger partial charge in [0.2, 0.25) is 0 Å². The van der Waals surface area contributed by atoms with Crippen molar-refractivity contribution in [2.24, 2.45) is 0 Å². The highest BCUT2D eigenvalue weighted by Crippen LogP contribution is 2.36. The molecule has 0 saturated heterocycles. The number of carboxylic acid groups (broad SMARTS) is 1. The molecule has 0 amide bonds. The highest BCUT2D eigenvalue weighted by atomic mass is 35.5. The number of hydrogen-bond donors (Lipinski definition) is 0. The molecule has 0 bridgehead atoms. The second kappa shape index (κ2) is 7.95. The van der Waals surface area contributed by atoms with Gasteiger partial charge in [-0.2, -0.15) is 0 Å². The minimum absolute atomic E-state index is 0.268. The number of rotatable bonds is 5. The van der Waals surface area contributed by atoms with Crippen LogP contribution in [0.25, 0.3) is 16.9 Å². The molecular weight excluding hydrogens is 413 g/mol. The van der Waals surface area contributed by atoms with E-state index in [1.165, 1.54) is 4.68 Å². The van der Waals surface area contributed by atoms with Crippen molar-refractivity contribution in [1.82, 2.24) is 15.0 Å². The minimum Gasteiger partial charge on any atom is -0.543 e. The van der Waals surface area contributed by atoms with E-state index in [4.69, 9.17) is 27.9 Å². The summed E-state index contributed by atoms with van der Waals surface area (Å²) in [7, 11) is 0. The monoisotopic (exact) mass is 424 g/mol. The number of carbonyl (C=O) groups is 1. The molecule has 4 aromatic rings. The molecule has 0 aliphatic heterocycles. The average molecular weight is 425 g/mol. The third-order valence-electron chi connectivity index (χ3n) is 4.12. The minimum atomic E-state index is -1.42. The first-order chi connectivity index (χ1) is 14.0. The molecule has 29 heavy (non-hydrogen) atoms. The Labute approximate surface area is 175 Å². The molecule has 144 valence electrons. The lowest BCUT2D eigenvalue weighted by molar-refractivity contribution is -0.255. The molecule has 0 aliphatic carbocycles. The third-order valence-corrected chi connectivity index (χ3v) is 4.65. The second-order valence-electron chi connectivity index (χ2n) is 6.00. The van der Waals surface area contributed by atoms with Crippen molar-refractivity contribution in [1.29, 1.82) is 0 Å². The van der Waals surface area contributed by atoms with E-state index in [1.54, 1.807) is 66.7 Å². The lowest BCUT2D eigenvalue weighted by Crippen LogP contribution is -2.23. The number of nitrogens with zero attached hydrogens (tertiary/aromatic N) is 3. The Bertz CT molecular complexity index is 1190. The zero-order valence-electron chi connectivity index (χ0n) is 14.8. The highest BCUT2D eigenvalue weighted by molar-refractivity contribution is 6.35. The number of benzene rings is 3. The highest BCUT2D eigenvalue weighted by Gasteiger charge is 2.20. The summed E-state index contributed by atoms with van der Waals surface area (Å²) in [5.41, 5.74) is 1.12. The molecule has 0 saturated carbocycles. The van der Waals surface area contributed by atoms with Crippen LogP contribution in [-0.4, -0.2) is 21.0 Å². The van der Waals surface area contributed by atoms with Gasteiger partial charge in [-0.05, 0) is 30.3 Å². The van der Waals surface area contributed by atoms with Gasteiger partial charge in [-0.1, -0.05) is 70.9 Å². The van der Waals surface area contributed by atoms with Crippen LogP contribution >= 0.6 is 23.2 Å². The summed E-state index contributed by atoms with van der Waals surface area (Å²) in [4.78, 5) is 11.6. The largest absolute Gasteiger partial charge is 0.543 e. The predicted octanol–water partition coefficient (Wildman–Crippen LogP) is 4.40. The van der Waals surface area contributed by atoms with Gasteiger partial charge in [0.15, 0.2) is 5.75 Å².